The van der Waals surface area contributed by atoms with Crippen molar-refractivity contribution in [1.82, 2.24) is 9.55 Å². The molecule has 0 aliphatic heterocycles. The van der Waals surface area contributed by atoms with E-state index in [1.54, 1.807) is 0 Å². The van der Waals surface area contributed by atoms with E-state index in [9.17, 15) is 22.8 Å². The van der Waals surface area contributed by atoms with E-state index >= 15 is 0 Å². The maximum atomic E-state index is 11.9. The zero-order valence-electron chi connectivity index (χ0n) is 7.86. The van der Waals surface area contributed by atoms with Crippen LogP contribution in [0.4, 0.5) is 13.2 Å². The Morgan fingerprint density at radius 3 is 2.56 bits per heavy atom. The van der Waals surface area contributed by atoms with Crippen molar-refractivity contribution >= 4 is 5.97 Å². The number of aromatic nitrogens is 2. The topological polar surface area (TPSA) is 72.2 Å². The molecule has 1 aromatic rings. The van der Waals surface area contributed by atoms with Crippen LogP contribution in [0.25, 0.3) is 0 Å². The third kappa shape index (κ3) is 3.71. The molecule has 0 saturated carbocycles. The lowest BCUT2D eigenvalue weighted by molar-refractivity contribution is -0.138. The average Bonchev–Trinajstić information content (AvgIpc) is 2.06. The summed E-state index contributed by atoms with van der Waals surface area (Å²) in [5, 5.41) is 8.38. The van der Waals surface area contributed by atoms with Gasteiger partial charge in [0.05, 0.1) is 18.4 Å². The van der Waals surface area contributed by atoms with Gasteiger partial charge in [-0.1, -0.05) is 0 Å². The predicted molar refractivity (Wildman–Crippen MR) is 45.9 cm³/mol. The molecular weight excluding hydrogens is 229 g/mol. The molecule has 0 aromatic carbocycles. The number of carboxylic acids is 1. The lowest BCUT2D eigenvalue weighted by Gasteiger charge is -2.06. The van der Waals surface area contributed by atoms with Gasteiger partial charge in [0.2, 0.25) is 0 Å². The Kier molecular flexibility index (Phi) is 3.31. The van der Waals surface area contributed by atoms with Crippen LogP contribution in [0.2, 0.25) is 0 Å². The van der Waals surface area contributed by atoms with Gasteiger partial charge >= 0.3 is 12.1 Å². The molecular formula is C8H7F3N2O3. The Morgan fingerprint density at radius 1 is 1.50 bits per heavy atom. The molecule has 0 bridgehead atoms. The monoisotopic (exact) mass is 236 g/mol. The molecule has 1 heterocycles. The lowest BCUT2D eigenvalue weighted by Crippen LogP contribution is -2.25. The van der Waals surface area contributed by atoms with Gasteiger partial charge in [0.15, 0.2) is 0 Å². The van der Waals surface area contributed by atoms with Crippen LogP contribution in [0.15, 0.2) is 17.2 Å². The Morgan fingerprint density at radius 2 is 2.12 bits per heavy atom. The van der Waals surface area contributed by atoms with Gasteiger partial charge in [-0.15, -0.1) is 0 Å². The van der Waals surface area contributed by atoms with E-state index in [0.29, 0.717) is 10.6 Å². The molecule has 0 atom stereocenters. The summed E-state index contributed by atoms with van der Waals surface area (Å²) >= 11 is 0. The first-order valence-corrected chi connectivity index (χ1v) is 4.12. The lowest BCUT2D eigenvalue weighted by atomic mass is 10.3. The molecule has 0 aliphatic rings. The molecule has 0 fully saturated rings. The zero-order valence-corrected chi connectivity index (χ0v) is 7.86. The van der Waals surface area contributed by atoms with Gasteiger partial charge in [0, 0.05) is 6.07 Å². The Bertz CT molecular complexity index is 453. The predicted octanol–water partition coefficient (Wildman–Crippen LogP) is 0.433. The largest absolute Gasteiger partial charge is 0.480 e. The minimum absolute atomic E-state index is 0.431. The highest BCUT2D eigenvalue weighted by Crippen LogP contribution is 2.18. The van der Waals surface area contributed by atoms with Gasteiger partial charge in [-0.3, -0.25) is 14.2 Å². The maximum Gasteiger partial charge on any atom is 0.394 e. The molecule has 1 N–H and O–H groups in total. The van der Waals surface area contributed by atoms with E-state index in [1.165, 1.54) is 0 Å². The highest BCUT2D eigenvalue weighted by molar-refractivity contribution is 5.66. The second kappa shape index (κ2) is 4.33. The second-order valence-corrected chi connectivity index (χ2v) is 3.03. The zero-order chi connectivity index (χ0) is 12.3. The fourth-order valence-corrected chi connectivity index (χ4v) is 1.03. The van der Waals surface area contributed by atoms with Crippen molar-refractivity contribution in [2.75, 3.05) is 0 Å². The molecule has 0 saturated heterocycles. The molecule has 0 amide bonds. The summed E-state index contributed by atoms with van der Waals surface area (Å²) in [5.74, 6) is -1.27. The van der Waals surface area contributed by atoms with E-state index in [4.69, 9.17) is 5.11 Å². The van der Waals surface area contributed by atoms with E-state index in [1.807, 2.05) is 0 Å². The number of alkyl halides is 3. The number of rotatable bonds is 3. The third-order valence-corrected chi connectivity index (χ3v) is 1.62. The van der Waals surface area contributed by atoms with Crippen LogP contribution in [0.5, 0.6) is 0 Å². The van der Waals surface area contributed by atoms with Crippen LogP contribution >= 0.6 is 0 Å². The summed E-state index contributed by atoms with van der Waals surface area (Å²) in [6.07, 6.45) is -4.97. The number of hydrogen-bond donors (Lipinski definition) is 1. The fourth-order valence-electron chi connectivity index (χ4n) is 1.03. The quantitative estimate of drug-likeness (QED) is 0.826. The van der Waals surface area contributed by atoms with E-state index < -0.39 is 36.4 Å². The van der Waals surface area contributed by atoms with Crippen LogP contribution in [0.1, 0.15) is 5.69 Å². The molecule has 16 heavy (non-hydrogen) atoms. The first-order valence-electron chi connectivity index (χ1n) is 4.12. The minimum atomic E-state index is -4.45. The van der Waals surface area contributed by atoms with E-state index in [2.05, 4.69) is 4.98 Å². The molecule has 1 aromatic heterocycles. The normalized spacial score (nSPS) is 11.4. The van der Waals surface area contributed by atoms with Crippen molar-refractivity contribution in [3.8, 4) is 0 Å². The first-order chi connectivity index (χ1) is 7.28. The second-order valence-electron chi connectivity index (χ2n) is 3.03. The molecule has 8 heteroatoms. The number of nitrogens with zero attached hydrogens (tertiary/aromatic N) is 2. The van der Waals surface area contributed by atoms with Crippen LogP contribution in [-0.2, 0) is 17.8 Å². The number of carboxylic acid groups (broad SMARTS) is 1. The summed E-state index contributed by atoms with van der Waals surface area (Å²) in [4.78, 5) is 24.8. The highest BCUT2D eigenvalue weighted by atomic mass is 19.4. The molecule has 0 unspecified atom stereocenters. The summed E-state index contributed by atoms with van der Waals surface area (Å²) in [7, 11) is 0. The van der Waals surface area contributed by atoms with Crippen LogP contribution in [0, 0.1) is 0 Å². The highest BCUT2D eigenvalue weighted by Gasteiger charge is 2.28. The number of halogens is 3. The van der Waals surface area contributed by atoms with Crippen molar-refractivity contribution in [1.29, 1.82) is 0 Å². The molecule has 1 rings (SSSR count). The van der Waals surface area contributed by atoms with Crippen LogP contribution < -0.4 is 5.56 Å². The number of aliphatic carboxylic acids is 1. The molecule has 88 valence electrons. The maximum absolute atomic E-state index is 11.9. The summed E-state index contributed by atoms with van der Waals surface area (Å²) in [6, 6.07) is 0.677. The summed E-state index contributed by atoms with van der Waals surface area (Å²) in [5.41, 5.74) is -1.25. The minimum Gasteiger partial charge on any atom is -0.480 e. The van der Waals surface area contributed by atoms with Crippen molar-refractivity contribution in [2.45, 2.75) is 19.1 Å². The van der Waals surface area contributed by atoms with Crippen molar-refractivity contribution in [2.24, 2.45) is 0 Å². The first kappa shape index (κ1) is 12.2. The summed E-state index contributed by atoms with van der Waals surface area (Å²) < 4.78 is 36.5. The standard InChI is InChI=1S/C8H7F3N2O3/c9-8(10,11)2-5-1-6(14)13(4-12-5)3-7(15)16/h1,4H,2-3H2,(H,15,16). The Hall–Kier alpha value is -1.86. The van der Waals surface area contributed by atoms with Crippen molar-refractivity contribution in [3.05, 3.63) is 28.4 Å². The SMILES string of the molecule is O=C(O)Cn1cnc(CC(F)(F)F)cc1=O. The van der Waals surface area contributed by atoms with Gasteiger partial charge in [-0.2, -0.15) is 13.2 Å². The fraction of sp³-hybridized carbons (Fsp3) is 0.375. The van der Waals surface area contributed by atoms with Crippen molar-refractivity contribution < 1.29 is 23.1 Å². The third-order valence-electron chi connectivity index (χ3n) is 1.62. The van der Waals surface area contributed by atoms with Gasteiger partial charge in [0.25, 0.3) is 5.56 Å². The van der Waals surface area contributed by atoms with E-state index in [0.717, 1.165) is 6.33 Å². The molecule has 0 spiro atoms. The van der Waals surface area contributed by atoms with Gasteiger partial charge in [0.1, 0.15) is 6.54 Å². The number of carbonyl (C=O) groups is 1. The average molecular weight is 236 g/mol. The van der Waals surface area contributed by atoms with Crippen molar-refractivity contribution in [3.63, 3.8) is 0 Å². The van der Waals surface area contributed by atoms with Gasteiger partial charge < -0.3 is 5.11 Å². The Balaban J connectivity index is 2.91. The van der Waals surface area contributed by atoms with Gasteiger partial charge in [-0.25, -0.2) is 4.98 Å². The molecule has 0 aliphatic carbocycles. The van der Waals surface area contributed by atoms with E-state index in [-0.39, 0.29) is 0 Å². The number of hydrogen-bond acceptors (Lipinski definition) is 3. The molecule has 0 radical (unpaired) electrons. The van der Waals surface area contributed by atoms with Crippen LogP contribution in [0.3, 0.4) is 0 Å². The molecule has 5 nitrogen and oxygen atoms in total. The smallest absolute Gasteiger partial charge is 0.394 e. The summed E-state index contributed by atoms with van der Waals surface area (Å²) in [6.45, 7) is -0.627. The van der Waals surface area contributed by atoms with Gasteiger partial charge in [-0.05, 0) is 0 Å². The Labute approximate surface area is 87.2 Å². The van der Waals surface area contributed by atoms with Crippen LogP contribution in [-0.4, -0.2) is 26.8 Å².